The van der Waals surface area contributed by atoms with Crippen LogP contribution in [0.1, 0.15) is 24.0 Å². The standard InChI is InChI=1S/C25H18N2O2/c1-2-8-17(9-3-1)23-19-13-12-16-7-4-5-10-18(16)24(19)26-25(23)20-15-22(29-27-20)21-11-6-14-28-21/h1-14,22,26H,15H2. The summed E-state index contributed by atoms with van der Waals surface area (Å²) < 4.78 is 5.52. The van der Waals surface area contributed by atoms with Crippen molar-refractivity contribution in [2.24, 2.45) is 5.16 Å². The van der Waals surface area contributed by atoms with Crippen LogP contribution in [0, 0.1) is 0 Å². The summed E-state index contributed by atoms with van der Waals surface area (Å²) in [6, 6.07) is 27.1. The number of hydrogen-bond acceptors (Lipinski definition) is 3. The molecule has 6 rings (SSSR count). The molecule has 1 unspecified atom stereocenters. The van der Waals surface area contributed by atoms with E-state index in [1.807, 2.05) is 18.2 Å². The molecule has 4 nitrogen and oxygen atoms in total. The number of nitrogens with zero attached hydrogens (tertiary/aromatic N) is 1. The molecule has 0 spiro atoms. The van der Waals surface area contributed by atoms with Crippen LogP contribution in [0.15, 0.2) is 94.7 Å². The summed E-state index contributed by atoms with van der Waals surface area (Å²) in [5, 5.41) is 8.04. The first kappa shape index (κ1) is 16.2. The molecule has 2 aromatic heterocycles. The summed E-state index contributed by atoms with van der Waals surface area (Å²) >= 11 is 0. The van der Waals surface area contributed by atoms with E-state index in [1.165, 1.54) is 16.2 Å². The fourth-order valence-corrected chi connectivity index (χ4v) is 4.21. The molecule has 1 atom stereocenters. The number of aromatic nitrogens is 1. The van der Waals surface area contributed by atoms with Gasteiger partial charge in [0.25, 0.3) is 0 Å². The third-order valence-corrected chi connectivity index (χ3v) is 5.58. The average molecular weight is 378 g/mol. The molecule has 0 amide bonds. The van der Waals surface area contributed by atoms with E-state index in [9.17, 15) is 0 Å². The zero-order valence-corrected chi connectivity index (χ0v) is 15.6. The predicted octanol–water partition coefficient (Wildman–Crippen LogP) is 6.45. The molecule has 1 aliphatic rings. The summed E-state index contributed by atoms with van der Waals surface area (Å²) in [6.45, 7) is 0. The largest absolute Gasteiger partial charge is 0.465 e. The minimum Gasteiger partial charge on any atom is -0.465 e. The Morgan fingerprint density at radius 2 is 1.69 bits per heavy atom. The average Bonchev–Trinajstić information content (AvgIpc) is 3.53. The summed E-state index contributed by atoms with van der Waals surface area (Å²) in [5.41, 5.74) is 5.37. The number of fused-ring (bicyclic) bond motifs is 3. The van der Waals surface area contributed by atoms with Gasteiger partial charge in [0.2, 0.25) is 0 Å². The lowest BCUT2D eigenvalue weighted by atomic mass is 9.97. The minimum absolute atomic E-state index is 0.188. The maximum atomic E-state index is 5.71. The lowest BCUT2D eigenvalue weighted by Gasteiger charge is -2.05. The van der Waals surface area contributed by atoms with Gasteiger partial charge in [0.1, 0.15) is 11.5 Å². The maximum Gasteiger partial charge on any atom is 0.190 e. The Balaban J connectivity index is 1.56. The highest BCUT2D eigenvalue weighted by molar-refractivity contribution is 6.18. The van der Waals surface area contributed by atoms with Crippen LogP contribution in [-0.2, 0) is 4.84 Å². The zero-order valence-electron chi connectivity index (χ0n) is 15.6. The second-order valence-electron chi connectivity index (χ2n) is 7.30. The fourth-order valence-electron chi connectivity index (χ4n) is 4.21. The molecule has 0 radical (unpaired) electrons. The molecule has 1 aliphatic heterocycles. The molecule has 0 saturated heterocycles. The molecule has 0 bridgehead atoms. The van der Waals surface area contributed by atoms with E-state index < -0.39 is 0 Å². The van der Waals surface area contributed by atoms with Crippen molar-refractivity contribution >= 4 is 27.4 Å². The van der Waals surface area contributed by atoms with Crippen LogP contribution in [0.4, 0.5) is 0 Å². The Bertz CT molecular complexity index is 1350. The molecule has 0 aliphatic carbocycles. The third kappa shape index (κ3) is 2.57. The Morgan fingerprint density at radius 3 is 2.55 bits per heavy atom. The first-order chi connectivity index (χ1) is 14.4. The van der Waals surface area contributed by atoms with E-state index in [2.05, 4.69) is 70.8 Å². The highest BCUT2D eigenvalue weighted by Gasteiger charge is 2.29. The Hall–Kier alpha value is -3.79. The normalized spacial score (nSPS) is 16.3. The van der Waals surface area contributed by atoms with Gasteiger partial charge in [-0.25, -0.2) is 0 Å². The second-order valence-corrected chi connectivity index (χ2v) is 7.30. The summed E-state index contributed by atoms with van der Waals surface area (Å²) in [7, 11) is 0. The second kappa shape index (κ2) is 6.38. The summed E-state index contributed by atoms with van der Waals surface area (Å²) in [5.74, 6) is 0.798. The molecule has 3 aromatic carbocycles. The Labute approximate surface area is 167 Å². The molecular formula is C25H18N2O2. The van der Waals surface area contributed by atoms with Crippen LogP contribution in [0.2, 0.25) is 0 Å². The SMILES string of the molecule is c1ccc(-c2c(C3=NOC(c4ccco4)C3)[nH]c3c2ccc2ccccc23)cc1. The molecular weight excluding hydrogens is 360 g/mol. The van der Waals surface area contributed by atoms with Crippen molar-refractivity contribution in [2.75, 3.05) is 0 Å². The number of H-pyrrole nitrogens is 1. The van der Waals surface area contributed by atoms with E-state index >= 15 is 0 Å². The van der Waals surface area contributed by atoms with Crippen molar-refractivity contribution < 1.29 is 9.25 Å². The molecule has 3 heterocycles. The fraction of sp³-hybridized carbons (Fsp3) is 0.0800. The number of benzene rings is 3. The van der Waals surface area contributed by atoms with Crippen LogP contribution < -0.4 is 0 Å². The predicted molar refractivity (Wildman–Crippen MR) is 115 cm³/mol. The lowest BCUT2D eigenvalue weighted by Crippen LogP contribution is -2.02. The molecule has 4 heteroatoms. The highest BCUT2D eigenvalue weighted by Crippen LogP contribution is 2.39. The number of furan rings is 1. The van der Waals surface area contributed by atoms with Crippen molar-refractivity contribution in [3.8, 4) is 11.1 Å². The number of hydrogen-bond donors (Lipinski definition) is 1. The van der Waals surface area contributed by atoms with E-state index in [0.717, 1.165) is 33.8 Å². The van der Waals surface area contributed by atoms with Gasteiger partial charge in [-0.05, 0) is 23.1 Å². The quantitative estimate of drug-likeness (QED) is 0.392. The van der Waals surface area contributed by atoms with E-state index in [4.69, 9.17) is 9.25 Å². The van der Waals surface area contributed by atoms with Gasteiger partial charge in [0, 0.05) is 22.8 Å². The van der Waals surface area contributed by atoms with E-state index in [1.54, 1.807) is 6.26 Å². The summed E-state index contributed by atoms with van der Waals surface area (Å²) in [4.78, 5) is 9.39. The van der Waals surface area contributed by atoms with Gasteiger partial charge in [-0.1, -0.05) is 71.9 Å². The van der Waals surface area contributed by atoms with Crippen LogP contribution in [0.3, 0.4) is 0 Å². The molecule has 5 aromatic rings. The number of aromatic amines is 1. The van der Waals surface area contributed by atoms with Crippen LogP contribution in [0.5, 0.6) is 0 Å². The van der Waals surface area contributed by atoms with Gasteiger partial charge >= 0.3 is 0 Å². The Morgan fingerprint density at radius 1 is 0.828 bits per heavy atom. The van der Waals surface area contributed by atoms with E-state index in [-0.39, 0.29) is 6.10 Å². The molecule has 0 saturated carbocycles. The highest BCUT2D eigenvalue weighted by atomic mass is 16.6. The third-order valence-electron chi connectivity index (χ3n) is 5.58. The van der Waals surface area contributed by atoms with Gasteiger partial charge in [0.15, 0.2) is 6.10 Å². The Kier molecular flexibility index (Phi) is 3.56. The van der Waals surface area contributed by atoms with Crippen LogP contribution in [-0.4, -0.2) is 10.7 Å². The van der Waals surface area contributed by atoms with Gasteiger partial charge in [-0.2, -0.15) is 0 Å². The molecule has 29 heavy (non-hydrogen) atoms. The van der Waals surface area contributed by atoms with Gasteiger partial charge < -0.3 is 14.2 Å². The van der Waals surface area contributed by atoms with Crippen molar-refractivity contribution in [2.45, 2.75) is 12.5 Å². The maximum absolute atomic E-state index is 5.71. The number of oxime groups is 1. The topological polar surface area (TPSA) is 50.5 Å². The zero-order chi connectivity index (χ0) is 19.2. The van der Waals surface area contributed by atoms with Gasteiger partial charge in [-0.3, -0.25) is 0 Å². The molecule has 1 N–H and O–H groups in total. The first-order valence-electron chi connectivity index (χ1n) is 9.74. The molecule has 140 valence electrons. The van der Waals surface area contributed by atoms with E-state index in [0.29, 0.717) is 6.42 Å². The lowest BCUT2D eigenvalue weighted by molar-refractivity contribution is 0.0689. The van der Waals surface area contributed by atoms with Crippen LogP contribution >= 0.6 is 0 Å². The van der Waals surface area contributed by atoms with Gasteiger partial charge in [-0.15, -0.1) is 0 Å². The smallest absolute Gasteiger partial charge is 0.190 e. The van der Waals surface area contributed by atoms with Crippen molar-refractivity contribution in [3.05, 3.63) is 96.6 Å². The van der Waals surface area contributed by atoms with Gasteiger partial charge in [0.05, 0.1) is 17.5 Å². The van der Waals surface area contributed by atoms with Crippen LogP contribution in [0.25, 0.3) is 32.8 Å². The number of rotatable bonds is 3. The monoisotopic (exact) mass is 378 g/mol. The van der Waals surface area contributed by atoms with Crippen molar-refractivity contribution in [3.63, 3.8) is 0 Å². The summed E-state index contributed by atoms with van der Waals surface area (Å²) in [6.07, 6.45) is 2.14. The number of nitrogens with one attached hydrogen (secondary N) is 1. The van der Waals surface area contributed by atoms with Crippen molar-refractivity contribution in [1.29, 1.82) is 0 Å². The van der Waals surface area contributed by atoms with Crippen molar-refractivity contribution in [1.82, 2.24) is 4.98 Å². The first-order valence-corrected chi connectivity index (χ1v) is 9.74. The molecule has 0 fully saturated rings. The minimum atomic E-state index is -0.188.